The molecule has 0 heterocycles. The van der Waals surface area contributed by atoms with Gasteiger partial charge in [0.25, 0.3) is 0 Å². The van der Waals surface area contributed by atoms with Crippen LogP contribution in [0.25, 0.3) is 0 Å². The predicted molar refractivity (Wildman–Crippen MR) is 70.8 cm³/mol. The standard InChI is InChI=1S/C13H20N2O3/c1-10(2)18-8-4-7-14-13(17)15-11-5-3-6-12(16)9-11/h3,5-6,9-10,16H,4,7-8H2,1-2H3,(H2,14,15,17). The van der Waals surface area contributed by atoms with Crippen LogP contribution in [0.15, 0.2) is 24.3 Å². The molecule has 5 heteroatoms. The highest BCUT2D eigenvalue weighted by molar-refractivity contribution is 5.89. The highest BCUT2D eigenvalue weighted by Gasteiger charge is 2.01. The molecule has 100 valence electrons. The quantitative estimate of drug-likeness (QED) is 0.680. The van der Waals surface area contributed by atoms with Gasteiger partial charge in [-0.3, -0.25) is 0 Å². The summed E-state index contributed by atoms with van der Waals surface area (Å²) in [7, 11) is 0. The van der Waals surface area contributed by atoms with Gasteiger partial charge in [0.05, 0.1) is 6.10 Å². The Kier molecular flexibility index (Phi) is 6.00. The first-order valence-electron chi connectivity index (χ1n) is 6.03. The van der Waals surface area contributed by atoms with Crippen LogP contribution >= 0.6 is 0 Å². The molecule has 0 atom stereocenters. The Labute approximate surface area is 107 Å². The number of benzene rings is 1. The highest BCUT2D eigenvalue weighted by atomic mass is 16.5. The molecule has 0 fully saturated rings. The molecule has 2 amide bonds. The normalized spacial score (nSPS) is 10.4. The number of phenols is 1. The number of rotatable bonds is 6. The van der Waals surface area contributed by atoms with Gasteiger partial charge in [-0.05, 0) is 32.4 Å². The molecule has 1 rings (SSSR count). The zero-order chi connectivity index (χ0) is 13.4. The molecule has 5 nitrogen and oxygen atoms in total. The van der Waals surface area contributed by atoms with Crippen LogP contribution in [0.4, 0.5) is 10.5 Å². The Balaban J connectivity index is 2.18. The molecule has 0 bridgehead atoms. The van der Waals surface area contributed by atoms with Crippen LogP contribution in [0.1, 0.15) is 20.3 Å². The Bertz CT molecular complexity index is 380. The second kappa shape index (κ2) is 7.55. The smallest absolute Gasteiger partial charge is 0.319 e. The summed E-state index contributed by atoms with van der Waals surface area (Å²) in [5.74, 6) is 0.123. The van der Waals surface area contributed by atoms with Crippen molar-refractivity contribution in [3.05, 3.63) is 24.3 Å². The molecule has 0 aliphatic heterocycles. The number of carbonyl (C=O) groups is 1. The molecular weight excluding hydrogens is 232 g/mol. The number of phenolic OH excluding ortho intramolecular Hbond substituents is 1. The summed E-state index contributed by atoms with van der Waals surface area (Å²) in [4.78, 5) is 11.5. The molecule has 0 aliphatic rings. The maximum Gasteiger partial charge on any atom is 0.319 e. The van der Waals surface area contributed by atoms with E-state index in [1.165, 1.54) is 6.07 Å². The van der Waals surface area contributed by atoms with Gasteiger partial charge in [-0.15, -0.1) is 0 Å². The maximum absolute atomic E-state index is 11.5. The fourth-order valence-electron chi connectivity index (χ4n) is 1.35. The highest BCUT2D eigenvalue weighted by Crippen LogP contribution is 2.14. The topological polar surface area (TPSA) is 70.6 Å². The first-order chi connectivity index (χ1) is 8.58. The van der Waals surface area contributed by atoms with Crippen LogP contribution < -0.4 is 10.6 Å². The first kappa shape index (κ1) is 14.3. The molecule has 0 aromatic heterocycles. The Morgan fingerprint density at radius 1 is 1.44 bits per heavy atom. The number of carbonyl (C=O) groups excluding carboxylic acids is 1. The molecular formula is C13H20N2O3. The van der Waals surface area contributed by atoms with Gasteiger partial charge < -0.3 is 20.5 Å². The average Bonchev–Trinajstić information content (AvgIpc) is 2.28. The van der Waals surface area contributed by atoms with Crippen molar-refractivity contribution >= 4 is 11.7 Å². The third-order valence-corrected chi connectivity index (χ3v) is 2.16. The predicted octanol–water partition coefficient (Wildman–Crippen LogP) is 2.33. The van der Waals surface area contributed by atoms with E-state index in [1.54, 1.807) is 18.2 Å². The lowest BCUT2D eigenvalue weighted by Gasteiger charge is -2.09. The van der Waals surface area contributed by atoms with Gasteiger partial charge in [-0.1, -0.05) is 6.07 Å². The number of urea groups is 1. The van der Waals surface area contributed by atoms with E-state index in [-0.39, 0.29) is 17.9 Å². The van der Waals surface area contributed by atoms with Crippen molar-refractivity contribution in [1.82, 2.24) is 5.32 Å². The molecule has 3 N–H and O–H groups in total. The SMILES string of the molecule is CC(C)OCCCNC(=O)Nc1cccc(O)c1. The lowest BCUT2D eigenvalue weighted by Crippen LogP contribution is -2.30. The summed E-state index contributed by atoms with van der Waals surface area (Å²) >= 11 is 0. The molecule has 0 radical (unpaired) electrons. The first-order valence-corrected chi connectivity index (χ1v) is 6.03. The molecule has 0 aliphatic carbocycles. The van der Waals surface area contributed by atoms with Crippen molar-refractivity contribution < 1.29 is 14.6 Å². The van der Waals surface area contributed by atoms with Crippen LogP contribution in [-0.4, -0.2) is 30.4 Å². The summed E-state index contributed by atoms with van der Waals surface area (Å²) < 4.78 is 5.35. The Hall–Kier alpha value is -1.75. The fourth-order valence-corrected chi connectivity index (χ4v) is 1.35. The number of amides is 2. The van der Waals surface area contributed by atoms with Gasteiger partial charge >= 0.3 is 6.03 Å². The van der Waals surface area contributed by atoms with Gasteiger partial charge in [-0.25, -0.2) is 4.79 Å². The number of nitrogens with one attached hydrogen (secondary N) is 2. The largest absolute Gasteiger partial charge is 0.508 e. The van der Waals surface area contributed by atoms with Crippen molar-refractivity contribution in [2.24, 2.45) is 0 Å². The minimum Gasteiger partial charge on any atom is -0.508 e. The van der Waals surface area contributed by atoms with E-state index in [0.29, 0.717) is 18.8 Å². The molecule has 18 heavy (non-hydrogen) atoms. The molecule has 0 saturated carbocycles. The van der Waals surface area contributed by atoms with Gasteiger partial charge in [0.2, 0.25) is 0 Å². The maximum atomic E-state index is 11.5. The third-order valence-electron chi connectivity index (χ3n) is 2.16. The minimum absolute atomic E-state index is 0.123. The number of hydrogen-bond acceptors (Lipinski definition) is 3. The minimum atomic E-state index is -0.287. The van der Waals surface area contributed by atoms with Crippen LogP contribution in [-0.2, 0) is 4.74 Å². The van der Waals surface area contributed by atoms with E-state index >= 15 is 0 Å². The van der Waals surface area contributed by atoms with Crippen LogP contribution in [0.5, 0.6) is 5.75 Å². The fraction of sp³-hybridized carbons (Fsp3) is 0.462. The lowest BCUT2D eigenvalue weighted by atomic mass is 10.3. The van der Waals surface area contributed by atoms with Crippen molar-refractivity contribution in [2.75, 3.05) is 18.5 Å². The van der Waals surface area contributed by atoms with E-state index in [1.807, 2.05) is 13.8 Å². The number of anilines is 1. The zero-order valence-electron chi connectivity index (χ0n) is 10.8. The van der Waals surface area contributed by atoms with E-state index in [9.17, 15) is 9.90 Å². The van der Waals surface area contributed by atoms with E-state index in [4.69, 9.17) is 4.74 Å². The van der Waals surface area contributed by atoms with Crippen molar-refractivity contribution in [3.8, 4) is 5.75 Å². The van der Waals surface area contributed by atoms with E-state index in [0.717, 1.165) is 6.42 Å². The molecule has 0 unspecified atom stereocenters. The average molecular weight is 252 g/mol. The van der Waals surface area contributed by atoms with Crippen molar-refractivity contribution in [2.45, 2.75) is 26.4 Å². The summed E-state index contributed by atoms with van der Waals surface area (Å²) in [6, 6.07) is 6.13. The van der Waals surface area contributed by atoms with Crippen LogP contribution in [0, 0.1) is 0 Å². The molecule has 0 spiro atoms. The second-order valence-corrected chi connectivity index (χ2v) is 4.20. The monoisotopic (exact) mass is 252 g/mol. The van der Waals surface area contributed by atoms with Crippen LogP contribution in [0.3, 0.4) is 0 Å². The van der Waals surface area contributed by atoms with Gasteiger partial charge in [-0.2, -0.15) is 0 Å². The number of hydrogen-bond donors (Lipinski definition) is 3. The molecule has 1 aromatic carbocycles. The number of aromatic hydroxyl groups is 1. The summed E-state index contributed by atoms with van der Waals surface area (Å²) in [6.45, 7) is 5.13. The Morgan fingerprint density at radius 3 is 2.89 bits per heavy atom. The van der Waals surface area contributed by atoms with Crippen molar-refractivity contribution in [3.63, 3.8) is 0 Å². The van der Waals surface area contributed by atoms with Crippen LogP contribution in [0.2, 0.25) is 0 Å². The van der Waals surface area contributed by atoms with Gasteiger partial charge in [0.1, 0.15) is 5.75 Å². The zero-order valence-corrected chi connectivity index (χ0v) is 10.8. The van der Waals surface area contributed by atoms with Gasteiger partial charge in [0.15, 0.2) is 0 Å². The summed E-state index contributed by atoms with van der Waals surface area (Å²) in [6.07, 6.45) is 0.983. The molecule has 1 aromatic rings. The summed E-state index contributed by atoms with van der Waals surface area (Å²) in [5.41, 5.74) is 0.561. The van der Waals surface area contributed by atoms with Gasteiger partial charge in [0, 0.05) is 24.9 Å². The summed E-state index contributed by atoms with van der Waals surface area (Å²) in [5, 5.41) is 14.6. The van der Waals surface area contributed by atoms with Crippen molar-refractivity contribution in [1.29, 1.82) is 0 Å². The number of ether oxygens (including phenoxy) is 1. The lowest BCUT2D eigenvalue weighted by molar-refractivity contribution is 0.0775. The van der Waals surface area contributed by atoms with E-state index < -0.39 is 0 Å². The second-order valence-electron chi connectivity index (χ2n) is 4.20. The van der Waals surface area contributed by atoms with E-state index in [2.05, 4.69) is 10.6 Å². The Morgan fingerprint density at radius 2 is 2.22 bits per heavy atom. The third kappa shape index (κ3) is 6.10. The molecule has 0 saturated heterocycles.